The Kier molecular flexibility index (Phi) is 6.85. The van der Waals surface area contributed by atoms with Crippen LogP contribution in [0.5, 0.6) is 0 Å². The van der Waals surface area contributed by atoms with E-state index in [4.69, 9.17) is 4.74 Å². The molecule has 3 unspecified atom stereocenters. The predicted octanol–water partition coefficient (Wildman–Crippen LogP) is 2.73. The zero-order valence-corrected chi connectivity index (χ0v) is 18.6. The minimum absolute atomic E-state index is 0.0222. The summed E-state index contributed by atoms with van der Waals surface area (Å²) in [5.74, 6) is 0.0223. The summed E-state index contributed by atoms with van der Waals surface area (Å²) in [6.07, 6.45) is 4.05. The molecule has 31 heavy (non-hydrogen) atoms. The van der Waals surface area contributed by atoms with Crippen LogP contribution in [-0.2, 0) is 14.3 Å². The summed E-state index contributed by atoms with van der Waals surface area (Å²) in [5.41, 5.74) is 1.02. The van der Waals surface area contributed by atoms with Gasteiger partial charge in [0.25, 0.3) is 5.91 Å². The Morgan fingerprint density at radius 1 is 1.13 bits per heavy atom. The molecule has 0 radical (unpaired) electrons. The maximum Gasteiger partial charge on any atom is 0.409 e. The Labute approximate surface area is 187 Å². The Morgan fingerprint density at radius 3 is 2.55 bits per heavy atom. The molecule has 0 bridgehead atoms. The number of rotatable bonds is 3. The number of fused-ring (bicyclic) bond motifs is 1. The third kappa shape index (κ3) is 5.06. The van der Waals surface area contributed by atoms with Gasteiger partial charge in [-0.2, -0.15) is 0 Å². The molecule has 2 aliphatic heterocycles. The van der Waals surface area contributed by atoms with Crippen molar-refractivity contribution in [2.24, 2.45) is 5.92 Å². The van der Waals surface area contributed by atoms with E-state index in [-0.39, 0.29) is 29.9 Å². The number of carbonyl (C=O) groups excluding carboxylic acids is 3. The van der Waals surface area contributed by atoms with Gasteiger partial charge in [-0.25, -0.2) is 4.79 Å². The molecule has 3 amide bonds. The van der Waals surface area contributed by atoms with Crippen molar-refractivity contribution in [1.29, 1.82) is 0 Å². The normalized spacial score (nSPS) is 27.5. The molecule has 166 valence electrons. The first kappa shape index (κ1) is 21.7. The number of hydrogen-bond acceptors (Lipinski definition) is 5. The molecule has 3 aliphatic rings. The van der Waals surface area contributed by atoms with Crippen LogP contribution in [0.4, 0.5) is 4.79 Å². The van der Waals surface area contributed by atoms with Crippen molar-refractivity contribution in [2.75, 3.05) is 32.8 Å². The van der Waals surface area contributed by atoms with Crippen LogP contribution in [0.3, 0.4) is 0 Å². The largest absolute Gasteiger partial charge is 0.450 e. The summed E-state index contributed by atoms with van der Waals surface area (Å²) in [6.45, 7) is 4.22. The van der Waals surface area contributed by atoms with Crippen molar-refractivity contribution in [3.63, 3.8) is 0 Å². The van der Waals surface area contributed by atoms with Crippen molar-refractivity contribution in [3.8, 4) is 0 Å². The topological polar surface area (TPSA) is 79.0 Å². The fourth-order valence-electron chi connectivity index (χ4n) is 4.50. The molecule has 1 aliphatic carbocycles. The molecule has 4 rings (SSSR count). The molecule has 3 fully saturated rings. The highest BCUT2D eigenvalue weighted by atomic mass is 32.2. The molecular formula is C23H29N3O4S. The van der Waals surface area contributed by atoms with E-state index in [2.05, 4.69) is 5.32 Å². The van der Waals surface area contributed by atoms with Gasteiger partial charge in [0, 0.05) is 43.4 Å². The van der Waals surface area contributed by atoms with Gasteiger partial charge in [-0.05, 0) is 37.8 Å². The lowest BCUT2D eigenvalue weighted by atomic mass is 9.84. The first-order valence-corrected chi connectivity index (χ1v) is 11.9. The summed E-state index contributed by atoms with van der Waals surface area (Å²) in [7, 11) is 0. The Morgan fingerprint density at radius 2 is 1.84 bits per heavy atom. The van der Waals surface area contributed by atoms with E-state index in [0.29, 0.717) is 44.5 Å². The average molecular weight is 444 g/mol. The van der Waals surface area contributed by atoms with Gasteiger partial charge in [-0.1, -0.05) is 30.3 Å². The highest BCUT2D eigenvalue weighted by molar-refractivity contribution is 8.04. The van der Waals surface area contributed by atoms with Gasteiger partial charge in [0.2, 0.25) is 5.91 Å². The first-order chi connectivity index (χ1) is 15.0. The predicted molar refractivity (Wildman–Crippen MR) is 120 cm³/mol. The van der Waals surface area contributed by atoms with Crippen LogP contribution in [0.15, 0.2) is 35.2 Å². The summed E-state index contributed by atoms with van der Waals surface area (Å²) in [6, 6.07) is 9.89. The number of piperazine rings is 1. The number of thioether (sulfide) groups is 1. The van der Waals surface area contributed by atoms with Crippen LogP contribution >= 0.6 is 11.8 Å². The van der Waals surface area contributed by atoms with E-state index in [9.17, 15) is 14.4 Å². The second-order valence-corrected chi connectivity index (χ2v) is 9.46. The molecule has 1 saturated carbocycles. The summed E-state index contributed by atoms with van der Waals surface area (Å²) in [5, 5.41) is 3.45. The lowest BCUT2D eigenvalue weighted by Gasteiger charge is -2.41. The second kappa shape index (κ2) is 9.77. The van der Waals surface area contributed by atoms with E-state index >= 15 is 0 Å². The quantitative estimate of drug-likeness (QED) is 0.727. The summed E-state index contributed by atoms with van der Waals surface area (Å²) in [4.78, 5) is 41.8. The molecule has 2 saturated heterocycles. The zero-order chi connectivity index (χ0) is 21.8. The SMILES string of the molecule is CCOC(=O)N1CCN(C(=O)C2CCC3S/C(=C\c4ccccc4)C(=O)NC3C2)CC1. The highest BCUT2D eigenvalue weighted by Gasteiger charge is 2.41. The fraction of sp³-hybridized carbons (Fsp3) is 0.522. The van der Waals surface area contributed by atoms with Gasteiger partial charge in [-0.15, -0.1) is 11.8 Å². The van der Waals surface area contributed by atoms with E-state index in [1.807, 2.05) is 41.3 Å². The summed E-state index contributed by atoms with van der Waals surface area (Å²) >= 11 is 1.64. The Balaban J connectivity index is 1.32. The molecule has 1 aromatic rings. The smallest absolute Gasteiger partial charge is 0.409 e. The lowest BCUT2D eigenvalue weighted by Crippen LogP contribution is -2.55. The minimum atomic E-state index is -0.309. The molecule has 2 heterocycles. The van der Waals surface area contributed by atoms with E-state index in [1.165, 1.54) is 0 Å². The Bertz CT molecular complexity index is 852. The van der Waals surface area contributed by atoms with Crippen LogP contribution in [-0.4, -0.2) is 71.8 Å². The number of nitrogens with one attached hydrogen (secondary N) is 1. The third-order valence-electron chi connectivity index (χ3n) is 6.17. The summed E-state index contributed by atoms with van der Waals surface area (Å²) < 4.78 is 5.05. The van der Waals surface area contributed by atoms with Gasteiger partial charge < -0.3 is 19.9 Å². The number of hydrogen-bond donors (Lipinski definition) is 1. The van der Waals surface area contributed by atoms with Crippen LogP contribution in [0.1, 0.15) is 31.7 Å². The van der Waals surface area contributed by atoms with Crippen molar-refractivity contribution < 1.29 is 19.1 Å². The van der Waals surface area contributed by atoms with Crippen molar-refractivity contribution >= 4 is 35.7 Å². The van der Waals surface area contributed by atoms with Crippen LogP contribution in [0.25, 0.3) is 6.08 Å². The van der Waals surface area contributed by atoms with Gasteiger partial charge in [0.15, 0.2) is 0 Å². The third-order valence-corrected chi connectivity index (χ3v) is 7.59. The van der Waals surface area contributed by atoms with Gasteiger partial charge in [0.05, 0.1) is 11.5 Å². The zero-order valence-electron chi connectivity index (χ0n) is 17.8. The lowest BCUT2D eigenvalue weighted by molar-refractivity contribution is -0.138. The van der Waals surface area contributed by atoms with Crippen LogP contribution in [0, 0.1) is 5.92 Å². The van der Waals surface area contributed by atoms with Gasteiger partial charge in [-0.3, -0.25) is 9.59 Å². The molecule has 8 heteroatoms. The molecule has 1 aromatic carbocycles. The van der Waals surface area contributed by atoms with Gasteiger partial charge >= 0.3 is 6.09 Å². The second-order valence-electron chi connectivity index (χ2n) is 8.18. The fourth-order valence-corrected chi connectivity index (χ4v) is 5.79. The maximum atomic E-state index is 13.1. The van der Waals surface area contributed by atoms with E-state index in [0.717, 1.165) is 23.3 Å². The Hall–Kier alpha value is -2.48. The molecular weight excluding hydrogens is 414 g/mol. The molecule has 3 atom stereocenters. The number of amides is 3. The van der Waals surface area contributed by atoms with E-state index in [1.54, 1.807) is 23.6 Å². The van der Waals surface area contributed by atoms with Crippen molar-refractivity contribution in [1.82, 2.24) is 15.1 Å². The maximum absolute atomic E-state index is 13.1. The molecule has 7 nitrogen and oxygen atoms in total. The number of nitrogens with zero attached hydrogens (tertiary/aromatic N) is 2. The van der Waals surface area contributed by atoms with E-state index < -0.39 is 0 Å². The van der Waals surface area contributed by atoms with Crippen molar-refractivity contribution in [3.05, 3.63) is 40.8 Å². The number of benzene rings is 1. The standard InChI is InChI=1S/C23H29N3O4S/c1-2-30-23(29)26-12-10-25(11-13-26)22(28)17-8-9-19-18(15-17)24-21(27)20(31-19)14-16-6-4-3-5-7-16/h3-7,14,17-19H,2,8-13,15H2,1H3,(H,24,27)/b20-14-. The molecule has 0 spiro atoms. The van der Waals surface area contributed by atoms with Crippen molar-refractivity contribution in [2.45, 2.75) is 37.5 Å². The average Bonchev–Trinajstić information content (AvgIpc) is 2.80. The molecule has 0 aromatic heterocycles. The monoisotopic (exact) mass is 443 g/mol. The molecule has 1 N–H and O–H groups in total. The first-order valence-electron chi connectivity index (χ1n) is 11.0. The van der Waals surface area contributed by atoms with Crippen LogP contribution in [0.2, 0.25) is 0 Å². The number of carbonyl (C=O) groups is 3. The minimum Gasteiger partial charge on any atom is -0.450 e. The highest BCUT2D eigenvalue weighted by Crippen LogP contribution is 2.40. The number of ether oxygens (including phenoxy) is 1. The van der Waals surface area contributed by atoms with Crippen LogP contribution < -0.4 is 5.32 Å². The van der Waals surface area contributed by atoms with Gasteiger partial charge in [0.1, 0.15) is 0 Å².